The second-order valence-corrected chi connectivity index (χ2v) is 5.90. The lowest BCUT2D eigenvalue weighted by Crippen LogP contribution is -2.25. The lowest BCUT2D eigenvalue weighted by atomic mass is 10.00. The van der Waals surface area contributed by atoms with Crippen LogP contribution in [0.3, 0.4) is 0 Å². The fourth-order valence-corrected chi connectivity index (χ4v) is 2.36. The Hall–Kier alpha value is -1.71. The van der Waals surface area contributed by atoms with Gasteiger partial charge in [0, 0.05) is 16.7 Å². The minimum Gasteiger partial charge on any atom is -0.298 e. The summed E-state index contributed by atoms with van der Waals surface area (Å²) in [6, 6.07) is 12.0. The standard InChI is InChI=1S/C16H17NO2/c1-16(2,3)17-15(19-17)14-9-12-7-5-4-6-11(12)8-13(14)10-18/h4-10,15H,1-3H3/t15-,17?/m1/s1. The molecule has 0 aromatic heterocycles. The van der Waals surface area contributed by atoms with Crippen molar-refractivity contribution in [2.45, 2.75) is 32.5 Å². The van der Waals surface area contributed by atoms with Gasteiger partial charge in [0.15, 0.2) is 12.5 Å². The molecule has 98 valence electrons. The van der Waals surface area contributed by atoms with Crippen molar-refractivity contribution in [3.05, 3.63) is 47.5 Å². The highest BCUT2D eigenvalue weighted by Crippen LogP contribution is 2.44. The highest BCUT2D eigenvalue weighted by atomic mass is 16.8. The highest BCUT2D eigenvalue weighted by molar-refractivity contribution is 5.91. The van der Waals surface area contributed by atoms with Gasteiger partial charge in [-0.25, -0.2) is 0 Å². The van der Waals surface area contributed by atoms with Crippen molar-refractivity contribution in [3.63, 3.8) is 0 Å². The predicted molar refractivity (Wildman–Crippen MR) is 74.8 cm³/mol. The minimum absolute atomic E-state index is 0.0591. The van der Waals surface area contributed by atoms with Crippen LogP contribution in [0.4, 0.5) is 0 Å². The molecule has 0 amide bonds. The molecule has 0 N–H and O–H groups in total. The van der Waals surface area contributed by atoms with Crippen molar-refractivity contribution in [1.29, 1.82) is 0 Å². The molecule has 3 heteroatoms. The first-order valence-electron chi connectivity index (χ1n) is 6.45. The van der Waals surface area contributed by atoms with Crippen LogP contribution in [-0.4, -0.2) is 16.9 Å². The molecule has 3 rings (SSSR count). The molecule has 2 aromatic carbocycles. The average molecular weight is 255 g/mol. The van der Waals surface area contributed by atoms with E-state index in [1.807, 2.05) is 29.3 Å². The zero-order valence-corrected chi connectivity index (χ0v) is 11.4. The fourth-order valence-electron chi connectivity index (χ4n) is 2.36. The van der Waals surface area contributed by atoms with Gasteiger partial charge in [-0.2, -0.15) is 0 Å². The summed E-state index contributed by atoms with van der Waals surface area (Å²) in [7, 11) is 0. The summed E-state index contributed by atoms with van der Waals surface area (Å²) in [4.78, 5) is 16.9. The van der Waals surface area contributed by atoms with Crippen LogP contribution < -0.4 is 0 Å². The van der Waals surface area contributed by atoms with Crippen LogP contribution in [0.1, 0.15) is 42.9 Å². The molecule has 0 spiro atoms. The number of hydrogen-bond donors (Lipinski definition) is 0. The summed E-state index contributed by atoms with van der Waals surface area (Å²) in [6.07, 6.45) is 0.800. The Bertz CT molecular complexity index is 643. The van der Waals surface area contributed by atoms with E-state index in [-0.39, 0.29) is 11.8 Å². The molecule has 0 aliphatic carbocycles. The number of rotatable bonds is 2. The molecule has 1 aliphatic rings. The molecular formula is C16H17NO2. The van der Waals surface area contributed by atoms with E-state index < -0.39 is 0 Å². The molecule has 2 aromatic rings. The number of aldehydes is 1. The normalized spacial score (nSPS) is 22.5. The van der Waals surface area contributed by atoms with Gasteiger partial charge in [-0.05, 0) is 43.7 Å². The molecule has 0 bridgehead atoms. The van der Waals surface area contributed by atoms with Crippen molar-refractivity contribution in [1.82, 2.24) is 5.06 Å². The van der Waals surface area contributed by atoms with Gasteiger partial charge in [0.2, 0.25) is 0 Å². The minimum atomic E-state index is -0.107. The van der Waals surface area contributed by atoms with E-state index in [2.05, 4.69) is 32.9 Å². The van der Waals surface area contributed by atoms with Gasteiger partial charge in [-0.1, -0.05) is 24.3 Å². The van der Waals surface area contributed by atoms with E-state index in [0.29, 0.717) is 5.56 Å². The lowest BCUT2D eigenvalue weighted by molar-refractivity contribution is 0.101. The highest BCUT2D eigenvalue weighted by Gasteiger charge is 2.46. The number of carbonyl (C=O) groups excluding carboxylic acids is 1. The molecule has 1 saturated heterocycles. The summed E-state index contributed by atoms with van der Waals surface area (Å²) in [5.41, 5.74) is 1.59. The third-order valence-electron chi connectivity index (χ3n) is 3.39. The van der Waals surface area contributed by atoms with Crippen LogP contribution >= 0.6 is 0 Å². The van der Waals surface area contributed by atoms with Gasteiger partial charge >= 0.3 is 0 Å². The molecule has 1 aliphatic heterocycles. The van der Waals surface area contributed by atoms with Gasteiger partial charge in [-0.15, -0.1) is 5.06 Å². The molecule has 0 radical (unpaired) electrons. The topological polar surface area (TPSA) is 32.6 Å². The molecule has 1 heterocycles. The van der Waals surface area contributed by atoms with E-state index in [4.69, 9.17) is 4.84 Å². The maximum atomic E-state index is 11.3. The van der Waals surface area contributed by atoms with E-state index in [1.54, 1.807) is 0 Å². The van der Waals surface area contributed by atoms with Crippen LogP contribution in [-0.2, 0) is 4.84 Å². The second kappa shape index (κ2) is 4.15. The first-order valence-corrected chi connectivity index (χ1v) is 6.45. The van der Waals surface area contributed by atoms with Crippen molar-refractivity contribution in [3.8, 4) is 0 Å². The number of carbonyl (C=O) groups is 1. The lowest BCUT2D eigenvalue weighted by Gasteiger charge is -2.17. The summed E-state index contributed by atoms with van der Waals surface area (Å²) in [6.45, 7) is 6.28. The Kier molecular flexibility index (Phi) is 2.69. The summed E-state index contributed by atoms with van der Waals surface area (Å²) in [5.74, 6) is 0. The smallest absolute Gasteiger partial charge is 0.181 e. The monoisotopic (exact) mass is 255 g/mol. The maximum absolute atomic E-state index is 11.3. The number of hydrogen-bond acceptors (Lipinski definition) is 3. The number of nitrogens with zero attached hydrogens (tertiary/aromatic N) is 1. The first kappa shape index (κ1) is 12.3. The van der Waals surface area contributed by atoms with Gasteiger partial charge in [0.25, 0.3) is 0 Å². The Labute approximate surface area is 112 Å². The van der Waals surface area contributed by atoms with Crippen molar-refractivity contribution >= 4 is 17.1 Å². The van der Waals surface area contributed by atoms with Gasteiger partial charge in [0.05, 0.1) is 0 Å². The SMILES string of the molecule is CC(C)(C)N1O[C@@H]1c1cc2ccccc2cc1C=O. The quantitative estimate of drug-likeness (QED) is 0.606. The Balaban J connectivity index is 2.06. The average Bonchev–Trinajstić information content (AvgIpc) is 3.17. The zero-order chi connectivity index (χ0) is 13.6. The third kappa shape index (κ3) is 2.15. The Morgan fingerprint density at radius 1 is 1.16 bits per heavy atom. The molecule has 3 nitrogen and oxygen atoms in total. The summed E-state index contributed by atoms with van der Waals surface area (Å²) < 4.78 is 0. The first-order chi connectivity index (χ1) is 9.00. The predicted octanol–water partition coefficient (Wildman–Crippen LogP) is 3.70. The molecule has 1 fully saturated rings. The molecule has 0 saturated carbocycles. The van der Waals surface area contributed by atoms with Crippen LogP contribution in [0.5, 0.6) is 0 Å². The van der Waals surface area contributed by atoms with Crippen LogP contribution in [0.2, 0.25) is 0 Å². The molecule has 1 unspecified atom stereocenters. The van der Waals surface area contributed by atoms with E-state index in [1.165, 1.54) is 0 Å². The Morgan fingerprint density at radius 3 is 2.32 bits per heavy atom. The van der Waals surface area contributed by atoms with Crippen LogP contribution in [0, 0.1) is 0 Å². The van der Waals surface area contributed by atoms with E-state index in [9.17, 15) is 4.79 Å². The van der Waals surface area contributed by atoms with Gasteiger partial charge in [-0.3, -0.25) is 9.63 Å². The van der Waals surface area contributed by atoms with Gasteiger partial charge in [0.1, 0.15) is 0 Å². The summed E-state index contributed by atoms with van der Waals surface area (Å²) >= 11 is 0. The molecule has 19 heavy (non-hydrogen) atoms. The molecular weight excluding hydrogens is 238 g/mol. The third-order valence-corrected chi connectivity index (χ3v) is 3.39. The van der Waals surface area contributed by atoms with E-state index in [0.717, 1.165) is 22.6 Å². The number of benzene rings is 2. The number of fused-ring (bicyclic) bond motifs is 1. The fraction of sp³-hybridized carbons (Fsp3) is 0.312. The van der Waals surface area contributed by atoms with Crippen molar-refractivity contribution in [2.75, 3.05) is 0 Å². The van der Waals surface area contributed by atoms with Crippen LogP contribution in [0.15, 0.2) is 36.4 Å². The van der Waals surface area contributed by atoms with Gasteiger partial charge < -0.3 is 0 Å². The van der Waals surface area contributed by atoms with E-state index >= 15 is 0 Å². The zero-order valence-electron chi connectivity index (χ0n) is 11.4. The summed E-state index contributed by atoms with van der Waals surface area (Å²) in [5, 5.41) is 4.13. The largest absolute Gasteiger partial charge is 0.298 e. The molecule has 2 atom stereocenters. The van der Waals surface area contributed by atoms with Crippen LogP contribution in [0.25, 0.3) is 10.8 Å². The second-order valence-electron chi connectivity index (χ2n) is 5.90. The maximum Gasteiger partial charge on any atom is 0.181 e. The van der Waals surface area contributed by atoms with Crippen molar-refractivity contribution < 1.29 is 9.63 Å². The Morgan fingerprint density at radius 2 is 1.79 bits per heavy atom. The number of hydroxylamine groups is 2. The van der Waals surface area contributed by atoms with Crippen molar-refractivity contribution in [2.24, 2.45) is 0 Å².